The van der Waals surface area contributed by atoms with Crippen molar-refractivity contribution in [1.82, 2.24) is 4.98 Å². The summed E-state index contributed by atoms with van der Waals surface area (Å²) in [5, 5.41) is 1.23. The number of aromatic amines is 1. The van der Waals surface area contributed by atoms with Crippen molar-refractivity contribution in [2.45, 2.75) is 0 Å². The SMILES string of the molecule is O=P(O)(OBr)Oc1cc2c(Cl)cccc2[nH]1. The fourth-order valence-corrected chi connectivity index (χ4v) is 2.06. The van der Waals surface area contributed by atoms with Gasteiger partial charge in [-0.3, -0.25) is 4.89 Å². The van der Waals surface area contributed by atoms with Gasteiger partial charge in [0.2, 0.25) is 5.88 Å². The molecule has 8 heteroatoms. The molecule has 0 bridgehead atoms. The Morgan fingerprint density at radius 2 is 2.25 bits per heavy atom. The van der Waals surface area contributed by atoms with Gasteiger partial charge >= 0.3 is 7.82 Å². The van der Waals surface area contributed by atoms with Crippen molar-refractivity contribution in [2.75, 3.05) is 0 Å². The third-order valence-electron chi connectivity index (χ3n) is 1.89. The monoisotopic (exact) mass is 325 g/mol. The summed E-state index contributed by atoms with van der Waals surface area (Å²) in [4.78, 5) is 11.9. The molecule has 1 aromatic heterocycles. The molecular formula is C8H6BrClNO4P. The highest BCUT2D eigenvalue weighted by Gasteiger charge is 2.23. The summed E-state index contributed by atoms with van der Waals surface area (Å²) < 4.78 is 20.0. The van der Waals surface area contributed by atoms with Crippen LogP contribution in [0.3, 0.4) is 0 Å². The summed E-state index contributed by atoms with van der Waals surface area (Å²) in [5.74, 6) is 0.105. The molecule has 2 rings (SSSR count). The summed E-state index contributed by atoms with van der Waals surface area (Å²) in [7, 11) is -4.12. The van der Waals surface area contributed by atoms with Crippen LogP contribution in [0.15, 0.2) is 24.3 Å². The van der Waals surface area contributed by atoms with Gasteiger partial charge in [0.15, 0.2) is 0 Å². The van der Waals surface area contributed by atoms with Gasteiger partial charge in [0.1, 0.15) is 16.3 Å². The van der Waals surface area contributed by atoms with Crippen LogP contribution in [0.25, 0.3) is 10.9 Å². The van der Waals surface area contributed by atoms with Crippen LogP contribution in [0.5, 0.6) is 5.88 Å². The molecule has 0 amide bonds. The Kier molecular flexibility index (Phi) is 3.28. The third-order valence-corrected chi connectivity index (χ3v) is 3.92. The number of nitrogens with one attached hydrogen (secondary N) is 1. The van der Waals surface area contributed by atoms with Crippen molar-refractivity contribution in [3.8, 4) is 5.88 Å². The lowest BCUT2D eigenvalue weighted by molar-refractivity contribution is 0.308. The van der Waals surface area contributed by atoms with E-state index in [1.54, 1.807) is 18.2 Å². The Labute approximate surface area is 104 Å². The molecule has 0 saturated heterocycles. The van der Waals surface area contributed by atoms with E-state index in [-0.39, 0.29) is 5.88 Å². The number of phosphoric acid groups is 1. The van der Waals surface area contributed by atoms with Crippen LogP contribution in [0, 0.1) is 0 Å². The summed E-state index contributed by atoms with van der Waals surface area (Å²) >= 11 is 8.34. The molecule has 86 valence electrons. The zero-order chi connectivity index (χ0) is 11.8. The van der Waals surface area contributed by atoms with Crippen molar-refractivity contribution in [1.29, 1.82) is 0 Å². The van der Waals surface area contributed by atoms with E-state index in [0.29, 0.717) is 15.9 Å². The average Bonchev–Trinajstić information content (AvgIpc) is 2.61. The highest BCUT2D eigenvalue weighted by molar-refractivity contribution is 9.06. The lowest BCUT2D eigenvalue weighted by atomic mass is 10.2. The van der Waals surface area contributed by atoms with E-state index < -0.39 is 7.82 Å². The minimum absolute atomic E-state index is 0.105. The number of benzene rings is 1. The predicted molar refractivity (Wildman–Crippen MR) is 63.8 cm³/mol. The zero-order valence-electron chi connectivity index (χ0n) is 7.68. The molecule has 0 fully saturated rings. The summed E-state index contributed by atoms with van der Waals surface area (Å²) in [5.41, 5.74) is 0.706. The second-order valence-electron chi connectivity index (χ2n) is 2.96. The smallest absolute Gasteiger partial charge is 0.387 e. The third kappa shape index (κ3) is 2.42. The predicted octanol–water partition coefficient (Wildman–Crippen LogP) is 3.63. The first-order valence-corrected chi connectivity index (χ1v) is 6.64. The van der Waals surface area contributed by atoms with E-state index >= 15 is 0 Å². The normalized spacial score (nSPS) is 14.9. The lowest BCUT2D eigenvalue weighted by Crippen LogP contribution is -1.90. The van der Waals surface area contributed by atoms with Gasteiger partial charge in [0, 0.05) is 17.0 Å². The number of hydrogen-bond donors (Lipinski definition) is 2. The van der Waals surface area contributed by atoms with Gasteiger partial charge in [0.25, 0.3) is 0 Å². The lowest BCUT2D eigenvalue weighted by Gasteiger charge is -2.05. The second kappa shape index (κ2) is 4.39. The Hall–Kier alpha value is -0.520. The van der Waals surface area contributed by atoms with Crippen LogP contribution >= 0.6 is 35.7 Å². The van der Waals surface area contributed by atoms with Gasteiger partial charge in [-0.1, -0.05) is 17.7 Å². The van der Waals surface area contributed by atoms with Crippen LogP contribution in [-0.2, 0) is 8.18 Å². The summed E-state index contributed by atoms with van der Waals surface area (Å²) in [6.45, 7) is 0. The molecule has 2 aromatic rings. The Morgan fingerprint density at radius 3 is 2.88 bits per heavy atom. The Bertz CT molecular complexity index is 572. The number of fused-ring (bicyclic) bond motifs is 1. The maximum Gasteiger partial charge on any atom is 0.539 e. The molecular weight excluding hydrogens is 320 g/mol. The van der Waals surface area contributed by atoms with Crippen LogP contribution < -0.4 is 4.52 Å². The molecule has 1 aromatic carbocycles. The second-order valence-corrected chi connectivity index (χ2v) is 5.50. The zero-order valence-corrected chi connectivity index (χ0v) is 10.9. The molecule has 0 aliphatic heterocycles. The highest BCUT2D eigenvalue weighted by atomic mass is 79.9. The topological polar surface area (TPSA) is 71.6 Å². The quantitative estimate of drug-likeness (QED) is 0.845. The fraction of sp³-hybridized carbons (Fsp3) is 0. The molecule has 0 aliphatic carbocycles. The number of phosphoric ester groups is 1. The maximum atomic E-state index is 11.1. The van der Waals surface area contributed by atoms with E-state index in [1.165, 1.54) is 6.07 Å². The van der Waals surface area contributed by atoms with Crippen molar-refractivity contribution in [3.05, 3.63) is 29.3 Å². The van der Waals surface area contributed by atoms with Crippen LogP contribution in [0.2, 0.25) is 5.02 Å². The van der Waals surface area contributed by atoms with Crippen molar-refractivity contribution in [3.63, 3.8) is 0 Å². The first-order chi connectivity index (χ1) is 7.52. The molecule has 1 heterocycles. The number of hydrogen-bond acceptors (Lipinski definition) is 3. The molecule has 1 unspecified atom stereocenters. The van der Waals surface area contributed by atoms with Crippen LogP contribution in [-0.4, -0.2) is 9.88 Å². The van der Waals surface area contributed by atoms with E-state index in [1.807, 2.05) is 0 Å². The molecule has 0 radical (unpaired) electrons. The molecule has 1 atom stereocenters. The highest BCUT2D eigenvalue weighted by Crippen LogP contribution is 2.46. The van der Waals surface area contributed by atoms with Gasteiger partial charge in [-0.25, -0.2) is 4.57 Å². The first-order valence-electron chi connectivity index (χ1n) is 4.12. The average molecular weight is 326 g/mol. The van der Waals surface area contributed by atoms with E-state index in [4.69, 9.17) is 21.0 Å². The van der Waals surface area contributed by atoms with Crippen molar-refractivity contribution >= 4 is 46.6 Å². The molecule has 0 spiro atoms. The minimum Gasteiger partial charge on any atom is -0.387 e. The molecule has 2 N–H and O–H groups in total. The summed E-state index contributed by atoms with van der Waals surface area (Å²) in [6.07, 6.45) is 0. The number of H-pyrrole nitrogens is 1. The number of halogens is 2. The van der Waals surface area contributed by atoms with Gasteiger partial charge < -0.3 is 9.51 Å². The van der Waals surface area contributed by atoms with E-state index in [9.17, 15) is 4.57 Å². The number of aromatic nitrogens is 1. The fourth-order valence-electron chi connectivity index (χ4n) is 1.28. The van der Waals surface area contributed by atoms with Gasteiger partial charge in [-0.15, -0.1) is 0 Å². The molecule has 16 heavy (non-hydrogen) atoms. The van der Waals surface area contributed by atoms with Crippen LogP contribution in [0.1, 0.15) is 0 Å². The molecule has 0 saturated carbocycles. The van der Waals surface area contributed by atoms with Gasteiger partial charge in [-0.2, -0.15) is 3.62 Å². The molecule has 0 aliphatic rings. The Balaban J connectivity index is 2.41. The largest absolute Gasteiger partial charge is 0.539 e. The van der Waals surface area contributed by atoms with Crippen molar-refractivity contribution < 1.29 is 17.6 Å². The maximum absolute atomic E-state index is 11.1. The van der Waals surface area contributed by atoms with E-state index in [0.717, 1.165) is 0 Å². The van der Waals surface area contributed by atoms with Crippen molar-refractivity contribution in [2.24, 2.45) is 0 Å². The van der Waals surface area contributed by atoms with Gasteiger partial charge in [-0.05, 0) is 12.1 Å². The van der Waals surface area contributed by atoms with Crippen LogP contribution in [0.4, 0.5) is 0 Å². The first kappa shape index (κ1) is 12.0. The van der Waals surface area contributed by atoms with E-state index in [2.05, 4.69) is 24.9 Å². The molecule has 5 nitrogen and oxygen atoms in total. The summed E-state index contributed by atoms with van der Waals surface area (Å²) in [6, 6.07) is 6.75. The standard InChI is InChI=1S/C8H6BrClNO4P/c9-15-16(12,13)14-8-4-5-6(10)2-1-3-7(5)11-8/h1-4,11H,(H,12,13). The Morgan fingerprint density at radius 1 is 1.50 bits per heavy atom. The number of rotatable bonds is 3. The minimum atomic E-state index is -4.12. The van der Waals surface area contributed by atoms with Gasteiger partial charge in [0.05, 0.1) is 5.02 Å².